The van der Waals surface area contributed by atoms with Crippen molar-refractivity contribution >= 4 is 16.9 Å². The lowest BCUT2D eigenvalue weighted by atomic mass is 10.2. The standard InChI is InChI=1S/C24H22F3N3O3/c1-2-32-23(31)11-8-17-12-16-13-20(9-10-21(16)28-17)33-15-18-14-22(24(25,26)27)30(29-18)19-6-4-3-5-7-19/h3-7,9-10,12-14,28H,2,8,11,15H2,1H3. The van der Waals surface area contributed by atoms with E-state index in [1.54, 1.807) is 49.4 Å². The Hall–Kier alpha value is -3.75. The number of halogens is 3. The van der Waals surface area contributed by atoms with E-state index in [0.717, 1.165) is 27.3 Å². The van der Waals surface area contributed by atoms with Gasteiger partial charge in [-0.2, -0.15) is 18.3 Å². The van der Waals surface area contributed by atoms with Gasteiger partial charge in [-0.1, -0.05) is 18.2 Å². The summed E-state index contributed by atoms with van der Waals surface area (Å²) in [7, 11) is 0. The number of hydrogen-bond donors (Lipinski definition) is 1. The predicted molar refractivity (Wildman–Crippen MR) is 116 cm³/mol. The van der Waals surface area contributed by atoms with Gasteiger partial charge in [0.1, 0.15) is 23.7 Å². The summed E-state index contributed by atoms with van der Waals surface area (Å²) in [6.07, 6.45) is -3.76. The zero-order valence-electron chi connectivity index (χ0n) is 17.9. The summed E-state index contributed by atoms with van der Waals surface area (Å²) >= 11 is 0. The number of carbonyl (C=O) groups is 1. The van der Waals surface area contributed by atoms with Crippen LogP contribution in [-0.2, 0) is 28.7 Å². The highest BCUT2D eigenvalue weighted by Crippen LogP contribution is 2.32. The van der Waals surface area contributed by atoms with Crippen molar-refractivity contribution in [2.75, 3.05) is 6.61 Å². The van der Waals surface area contributed by atoms with Gasteiger partial charge < -0.3 is 14.5 Å². The van der Waals surface area contributed by atoms with Crippen LogP contribution < -0.4 is 4.74 Å². The number of aryl methyl sites for hydroxylation is 1. The fraction of sp³-hybridized carbons (Fsp3) is 0.250. The number of nitrogens with zero attached hydrogens (tertiary/aromatic N) is 2. The Morgan fingerprint density at radius 3 is 2.61 bits per heavy atom. The molecule has 0 saturated heterocycles. The molecular weight excluding hydrogens is 435 g/mol. The fourth-order valence-electron chi connectivity index (χ4n) is 3.49. The number of ether oxygens (including phenoxy) is 2. The average molecular weight is 457 g/mol. The Kier molecular flexibility index (Phi) is 6.39. The topological polar surface area (TPSA) is 69.1 Å². The van der Waals surface area contributed by atoms with Crippen LogP contribution in [-0.4, -0.2) is 27.3 Å². The molecule has 2 heterocycles. The lowest BCUT2D eigenvalue weighted by Gasteiger charge is -2.09. The van der Waals surface area contributed by atoms with Gasteiger partial charge in [-0.05, 0) is 55.8 Å². The van der Waals surface area contributed by atoms with Crippen molar-refractivity contribution in [3.63, 3.8) is 0 Å². The first kappa shape index (κ1) is 22.4. The molecule has 0 aliphatic heterocycles. The Morgan fingerprint density at radius 2 is 1.88 bits per heavy atom. The van der Waals surface area contributed by atoms with E-state index in [1.807, 2.05) is 12.1 Å². The molecule has 0 aliphatic carbocycles. The molecule has 9 heteroatoms. The molecule has 4 rings (SSSR count). The molecule has 6 nitrogen and oxygen atoms in total. The highest BCUT2D eigenvalue weighted by molar-refractivity contribution is 5.82. The summed E-state index contributed by atoms with van der Waals surface area (Å²) in [6, 6.07) is 16.4. The highest BCUT2D eigenvalue weighted by atomic mass is 19.4. The van der Waals surface area contributed by atoms with E-state index in [2.05, 4.69) is 10.1 Å². The quantitative estimate of drug-likeness (QED) is 0.358. The van der Waals surface area contributed by atoms with Crippen LogP contribution in [0.3, 0.4) is 0 Å². The van der Waals surface area contributed by atoms with Crippen LogP contribution in [0, 0.1) is 0 Å². The van der Waals surface area contributed by atoms with Gasteiger partial charge >= 0.3 is 12.1 Å². The summed E-state index contributed by atoms with van der Waals surface area (Å²) in [5.41, 5.74) is 1.37. The molecule has 2 aromatic carbocycles. The summed E-state index contributed by atoms with van der Waals surface area (Å²) < 4.78 is 52.1. The molecule has 0 atom stereocenters. The number of H-pyrrole nitrogens is 1. The van der Waals surface area contributed by atoms with E-state index in [1.165, 1.54) is 0 Å². The second kappa shape index (κ2) is 9.40. The minimum atomic E-state index is -4.55. The Balaban J connectivity index is 1.48. The molecule has 4 aromatic rings. The maximum absolute atomic E-state index is 13.5. The molecule has 33 heavy (non-hydrogen) atoms. The van der Waals surface area contributed by atoms with Gasteiger partial charge in [0.15, 0.2) is 0 Å². The molecule has 0 bridgehead atoms. The van der Waals surface area contributed by atoms with Gasteiger partial charge in [0.25, 0.3) is 0 Å². The monoisotopic (exact) mass is 457 g/mol. The predicted octanol–water partition coefficient (Wildman–Crippen LogP) is 5.45. The second-order valence-corrected chi connectivity index (χ2v) is 7.40. The molecular formula is C24H22F3N3O3. The van der Waals surface area contributed by atoms with Crippen LogP contribution >= 0.6 is 0 Å². The first-order chi connectivity index (χ1) is 15.8. The van der Waals surface area contributed by atoms with Crippen molar-refractivity contribution in [2.45, 2.75) is 32.5 Å². The van der Waals surface area contributed by atoms with Gasteiger partial charge in [-0.15, -0.1) is 0 Å². The molecule has 0 spiro atoms. The smallest absolute Gasteiger partial charge is 0.433 e. The van der Waals surface area contributed by atoms with E-state index >= 15 is 0 Å². The van der Waals surface area contributed by atoms with Crippen molar-refractivity contribution in [3.05, 3.63) is 77.7 Å². The van der Waals surface area contributed by atoms with Crippen LogP contribution in [0.25, 0.3) is 16.6 Å². The van der Waals surface area contributed by atoms with Gasteiger partial charge in [-0.3, -0.25) is 4.79 Å². The maximum atomic E-state index is 13.5. The van der Waals surface area contributed by atoms with Crippen molar-refractivity contribution in [1.29, 1.82) is 0 Å². The zero-order chi connectivity index (χ0) is 23.4. The van der Waals surface area contributed by atoms with E-state index in [-0.39, 0.29) is 24.7 Å². The van der Waals surface area contributed by atoms with Crippen LogP contribution in [0.1, 0.15) is 30.4 Å². The average Bonchev–Trinajstić information content (AvgIpc) is 3.41. The van der Waals surface area contributed by atoms with E-state index in [4.69, 9.17) is 9.47 Å². The van der Waals surface area contributed by atoms with Crippen molar-refractivity contribution in [3.8, 4) is 11.4 Å². The third kappa shape index (κ3) is 5.36. The SMILES string of the molecule is CCOC(=O)CCc1cc2cc(OCc3cc(C(F)(F)F)n(-c4ccccc4)n3)ccc2[nH]1. The number of nitrogens with one attached hydrogen (secondary N) is 1. The number of carbonyl (C=O) groups excluding carboxylic acids is 1. The summed E-state index contributed by atoms with van der Waals surface area (Å²) in [5.74, 6) is 0.245. The molecule has 0 amide bonds. The summed E-state index contributed by atoms with van der Waals surface area (Å²) in [6.45, 7) is 1.99. The number of para-hydroxylation sites is 1. The Bertz CT molecular complexity index is 1250. The Morgan fingerprint density at radius 1 is 1.09 bits per heavy atom. The maximum Gasteiger partial charge on any atom is 0.433 e. The molecule has 0 aliphatic rings. The Labute approximate surface area is 187 Å². The number of aromatic nitrogens is 3. The number of hydrogen-bond acceptors (Lipinski definition) is 4. The number of esters is 1. The van der Waals surface area contributed by atoms with Crippen molar-refractivity contribution in [2.24, 2.45) is 0 Å². The van der Waals surface area contributed by atoms with Crippen LogP contribution in [0.4, 0.5) is 13.2 Å². The lowest BCUT2D eigenvalue weighted by molar-refractivity contribution is -0.143. The minimum Gasteiger partial charge on any atom is -0.487 e. The summed E-state index contributed by atoms with van der Waals surface area (Å²) in [5, 5.41) is 4.98. The number of aromatic amines is 1. The third-order valence-electron chi connectivity index (χ3n) is 4.99. The van der Waals surface area contributed by atoms with Gasteiger partial charge in [0.2, 0.25) is 0 Å². The first-order valence-corrected chi connectivity index (χ1v) is 10.4. The number of rotatable bonds is 8. The second-order valence-electron chi connectivity index (χ2n) is 7.40. The highest BCUT2D eigenvalue weighted by Gasteiger charge is 2.36. The zero-order valence-corrected chi connectivity index (χ0v) is 17.9. The molecule has 172 valence electrons. The van der Waals surface area contributed by atoms with E-state index in [0.29, 0.717) is 24.5 Å². The number of alkyl halides is 3. The number of benzene rings is 2. The lowest BCUT2D eigenvalue weighted by Crippen LogP contribution is -2.13. The molecule has 1 N–H and O–H groups in total. The van der Waals surface area contributed by atoms with Gasteiger partial charge in [0.05, 0.1) is 18.7 Å². The third-order valence-corrected chi connectivity index (χ3v) is 4.99. The van der Waals surface area contributed by atoms with Crippen LogP contribution in [0.2, 0.25) is 0 Å². The van der Waals surface area contributed by atoms with Crippen LogP contribution in [0.15, 0.2) is 60.7 Å². The molecule has 2 aromatic heterocycles. The van der Waals surface area contributed by atoms with Crippen molar-refractivity contribution in [1.82, 2.24) is 14.8 Å². The molecule has 0 unspecified atom stereocenters. The molecule has 0 fully saturated rings. The fourth-order valence-corrected chi connectivity index (χ4v) is 3.49. The summed E-state index contributed by atoms with van der Waals surface area (Å²) in [4.78, 5) is 14.8. The minimum absolute atomic E-state index is 0.117. The van der Waals surface area contributed by atoms with E-state index < -0.39 is 11.9 Å². The van der Waals surface area contributed by atoms with Gasteiger partial charge in [0, 0.05) is 16.6 Å². The normalized spacial score (nSPS) is 11.6. The van der Waals surface area contributed by atoms with E-state index in [9.17, 15) is 18.0 Å². The first-order valence-electron chi connectivity index (χ1n) is 10.4. The number of fused-ring (bicyclic) bond motifs is 1. The van der Waals surface area contributed by atoms with Crippen molar-refractivity contribution < 1.29 is 27.4 Å². The largest absolute Gasteiger partial charge is 0.487 e. The molecule has 0 saturated carbocycles. The van der Waals surface area contributed by atoms with Gasteiger partial charge in [-0.25, -0.2) is 4.68 Å². The van der Waals surface area contributed by atoms with Crippen LogP contribution in [0.5, 0.6) is 5.75 Å². The molecule has 0 radical (unpaired) electrons.